The van der Waals surface area contributed by atoms with Crippen molar-refractivity contribution in [2.75, 3.05) is 13.7 Å². The molecule has 0 saturated carbocycles. The molecule has 0 spiro atoms. The van der Waals surface area contributed by atoms with Crippen LogP contribution < -0.4 is 4.74 Å². The lowest BCUT2D eigenvalue weighted by Crippen LogP contribution is -2.03. The highest BCUT2D eigenvalue weighted by atomic mass is 79.9. The predicted molar refractivity (Wildman–Crippen MR) is 82.1 cm³/mol. The summed E-state index contributed by atoms with van der Waals surface area (Å²) < 4.78 is 11.1. The van der Waals surface area contributed by atoms with Crippen LogP contribution in [0.5, 0.6) is 5.75 Å². The molecule has 2 aromatic rings. The average molecular weight is 335 g/mol. The predicted octanol–water partition coefficient (Wildman–Crippen LogP) is 4.30. The van der Waals surface area contributed by atoms with Crippen LogP contribution >= 0.6 is 15.9 Å². The van der Waals surface area contributed by atoms with Gasteiger partial charge >= 0.3 is 5.97 Å². The Bertz CT molecular complexity index is 606. The van der Waals surface area contributed by atoms with E-state index >= 15 is 0 Å². The summed E-state index contributed by atoms with van der Waals surface area (Å²) >= 11 is 3.46. The molecule has 0 amide bonds. The quantitative estimate of drug-likeness (QED) is 0.782. The van der Waals surface area contributed by atoms with Gasteiger partial charge in [0.1, 0.15) is 5.75 Å². The first-order valence-corrected chi connectivity index (χ1v) is 7.06. The number of methoxy groups -OCH3 is 1. The van der Waals surface area contributed by atoms with Gasteiger partial charge in [-0.1, -0.05) is 18.2 Å². The van der Waals surface area contributed by atoms with Crippen LogP contribution in [0.25, 0.3) is 11.1 Å². The summed E-state index contributed by atoms with van der Waals surface area (Å²) in [6.45, 7) is 2.17. The van der Waals surface area contributed by atoms with E-state index in [1.807, 2.05) is 30.3 Å². The molecule has 0 fully saturated rings. The Balaban J connectivity index is 2.26. The van der Waals surface area contributed by atoms with Gasteiger partial charge in [0, 0.05) is 0 Å². The van der Waals surface area contributed by atoms with Crippen molar-refractivity contribution < 1.29 is 14.3 Å². The maximum atomic E-state index is 11.6. The van der Waals surface area contributed by atoms with Crippen LogP contribution in [0.3, 0.4) is 0 Å². The van der Waals surface area contributed by atoms with Crippen LogP contribution in [0.4, 0.5) is 0 Å². The van der Waals surface area contributed by atoms with Gasteiger partial charge in [-0.15, -0.1) is 0 Å². The number of hydrogen-bond donors (Lipinski definition) is 0. The third-order valence-corrected chi connectivity index (χ3v) is 3.50. The van der Waals surface area contributed by atoms with Crippen molar-refractivity contribution in [2.45, 2.75) is 6.92 Å². The molecule has 0 heterocycles. The minimum atomic E-state index is -0.296. The smallest absolute Gasteiger partial charge is 0.338 e. The molecule has 20 heavy (non-hydrogen) atoms. The summed E-state index contributed by atoms with van der Waals surface area (Å²) in [7, 11) is 1.63. The third-order valence-electron chi connectivity index (χ3n) is 2.88. The van der Waals surface area contributed by atoms with Gasteiger partial charge in [0.15, 0.2) is 0 Å². The fourth-order valence-corrected chi connectivity index (χ4v) is 2.40. The van der Waals surface area contributed by atoms with Gasteiger partial charge in [-0.25, -0.2) is 4.79 Å². The first kappa shape index (κ1) is 14.6. The van der Waals surface area contributed by atoms with Crippen molar-refractivity contribution in [2.24, 2.45) is 0 Å². The molecule has 104 valence electrons. The van der Waals surface area contributed by atoms with Gasteiger partial charge in [0.2, 0.25) is 0 Å². The van der Waals surface area contributed by atoms with E-state index < -0.39 is 0 Å². The lowest BCUT2D eigenvalue weighted by Gasteiger charge is -2.07. The zero-order chi connectivity index (χ0) is 14.5. The minimum absolute atomic E-state index is 0.296. The van der Waals surface area contributed by atoms with Gasteiger partial charge in [0.05, 0.1) is 23.8 Å². The topological polar surface area (TPSA) is 35.5 Å². The van der Waals surface area contributed by atoms with E-state index in [0.717, 1.165) is 21.3 Å². The van der Waals surface area contributed by atoms with Crippen LogP contribution in [0.15, 0.2) is 46.9 Å². The Hall–Kier alpha value is -1.81. The molecule has 3 nitrogen and oxygen atoms in total. The molecule has 2 rings (SSSR count). The molecule has 2 aromatic carbocycles. The number of benzene rings is 2. The van der Waals surface area contributed by atoms with Crippen molar-refractivity contribution in [1.82, 2.24) is 0 Å². The van der Waals surface area contributed by atoms with Crippen molar-refractivity contribution >= 4 is 21.9 Å². The number of halogens is 1. The van der Waals surface area contributed by atoms with Crippen LogP contribution in [0, 0.1) is 0 Å². The Kier molecular flexibility index (Phi) is 4.79. The van der Waals surface area contributed by atoms with Crippen LogP contribution in [-0.2, 0) is 4.74 Å². The van der Waals surface area contributed by atoms with E-state index in [-0.39, 0.29) is 5.97 Å². The Labute approximate surface area is 126 Å². The lowest BCUT2D eigenvalue weighted by molar-refractivity contribution is 0.0526. The minimum Gasteiger partial charge on any atom is -0.496 e. The molecular weight excluding hydrogens is 320 g/mol. The molecule has 4 heteroatoms. The van der Waals surface area contributed by atoms with Crippen molar-refractivity contribution in [3.05, 3.63) is 52.5 Å². The summed E-state index contributed by atoms with van der Waals surface area (Å²) in [5.41, 5.74) is 2.64. The van der Waals surface area contributed by atoms with E-state index in [1.165, 1.54) is 0 Å². The second-order valence-electron chi connectivity index (χ2n) is 4.15. The summed E-state index contributed by atoms with van der Waals surface area (Å²) in [6, 6.07) is 13.2. The highest BCUT2D eigenvalue weighted by molar-refractivity contribution is 9.10. The summed E-state index contributed by atoms with van der Waals surface area (Å²) in [6.07, 6.45) is 0. The zero-order valence-corrected chi connectivity index (χ0v) is 12.9. The molecule has 0 unspecified atom stereocenters. The maximum absolute atomic E-state index is 11.6. The Morgan fingerprint density at radius 1 is 1.10 bits per heavy atom. The normalized spacial score (nSPS) is 10.2. The average Bonchev–Trinajstić information content (AvgIpc) is 2.47. The van der Waals surface area contributed by atoms with Gasteiger partial charge in [-0.2, -0.15) is 0 Å². The molecule has 0 N–H and O–H groups in total. The van der Waals surface area contributed by atoms with Gasteiger partial charge in [0.25, 0.3) is 0 Å². The molecule has 0 radical (unpaired) electrons. The number of rotatable bonds is 4. The van der Waals surface area contributed by atoms with E-state index in [2.05, 4.69) is 15.9 Å². The van der Waals surface area contributed by atoms with Crippen LogP contribution in [0.2, 0.25) is 0 Å². The zero-order valence-electron chi connectivity index (χ0n) is 11.4. The molecule has 0 aromatic heterocycles. The van der Waals surface area contributed by atoms with Crippen molar-refractivity contribution in [3.63, 3.8) is 0 Å². The van der Waals surface area contributed by atoms with E-state index in [1.54, 1.807) is 26.2 Å². The van der Waals surface area contributed by atoms with E-state index in [9.17, 15) is 4.79 Å². The Morgan fingerprint density at radius 2 is 1.75 bits per heavy atom. The monoisotopic (exact) mass is 334 g/mol. The first-order valence-electron chi connectivity index (χ1n) is 6.26. The highest BCUT2D eigenvalue weighted by Crippen LogP contribution is 2.30. The summed E-state index contributed by atoms with van der Waals surface area (Å²) in [5.74, 6) is 0.492. The molecule has 0 atom stereocenters. The number of esters is 1. The molecular formula is C16H15BrO3. The van der Waals surface area contributed by atoms with Gasteiger partial charge in [-0.05, 0) is 58.2 Å². The van der Waals surface area contributed by atoms with E-state index in [4.69, 9.17) is 9.47 Å². The van der Waals surface area contributed by atoms with Crippen molar-refractivity contribution in [1.29, 1.82) is 0 Å². The number of hydrogen-bond acceptors (Lipinski definition) is 3. The first-order chi connectivity index (χ1) is 9.65. The number of carbonyl (C=O) groups is 1. The van der Waals surface area contributed by atoms with Crippen LogP contribution in [0.1, 0.15) is 17.3 Å². The molecule has 0 aliphatic rings. The maximum Gasteiger partial charge on any atom is 0.338 e. The van der Waals surface area contributed by atoms with Crippen LogP contribution in [-0.4, -0.2) is 19.7 Å². The SMILES string of the molecule is CCOC(=O)c1ccc(-c2ccc(OC)c(Br)c2)cc1. The molecule has 0 saturated heterocycles. The number of carbonyl (C=O) groups excluding carboxylic acids is 1. The highest BCUT2D eigenvalue weighted by Gasteiger charge is 2.07. The molecule has 0 bridgehead atoms. The molecule has 0 aliphatic heterocycles. The summed E-state index contributed by atoms with van der Waals surface area (Å²) in [5, 5.41) is 0. The standard InChI is InChI=1S/C16H15BrO3/c1-3-20-16(18)12-6-4-11(5-7-12)13-8-9-15(19-2)14(17)10-13/h4-10H,3H2,1-2H3. The molecule has 0 aliphatic carbocycles. The second kappa shape index (κ2) is 6.57. The fourth-order valence-electron chi connectivity index (χ4n) is 1.86. The van der Waals surface area contributed by atoms with Crippen molar-refractivity contribution in [3.8, 4) is 16.9 Å². The Morgan fingerprint density at radius 3 is 2.30 bits per heavy atom. The van der Waals surface area contributed by atoms with E-state index in [0.29, 0.717) is 12.2 Å². The van der Waals surface area contributed by atoms with Gasteiger partial charge in [-0.3, -0.25) is 0 Å². The third kappa shape index (κ3) is 3.20. The largest absolute Gasteiger partial charge is 0.496 e. The number of ether oxygens (including phenoxy) is 2. The second-order valence-corrected chi connectivity index (χ2v) is 5.00. The lowest BCUT2D eigenvalue weighted by atomic mass is 10.0. The fraction of sp³-hybridized carbons (Fsp3) is 0.188. The summed E-state index contributed by atoms with van der Waals surface area (Å²) in [4.78, 5) is 11.6. The van der Waals surface area contributed by atoms with Gasteiger partial charge < -0.3 is 9.47 Å².